The highest BCUT2D eigenvalue weighted by Gasteiger charge is 2.18. The van der Waals surface area contributed by atoms with Gasteiger partial charge in [0.2, 0.25) is 0 Å². The first-order chi connectivity index (χ1) is 17.6. The molecule has 37 heavy (non-hydrogen) atoms. The largest absolute Gasteiger partial charge is 0.327 e. The fourth-order valence-corrected chi connectivity index (χ4v) is 6.09. The van der Waals surface area contributed by atoms with Crippen LogP contribution in [-0.2, 0) is 9.84 Å². The van der Waals surface area contributed by atoms with Gasteiger partial charge < -0.3 is 9.88 Å². The van der Waals surface area contributed by atoms with Gasteiger partial charge in [0.15, 0.2) is 15.0 Å². The Bertz CT molecular complexity index is 1530. The van der Waals surface area contributed by atoms with Crippen molar-refractivity contribution in [2.75, 3.05) is 17.6 Å². The quantitative estimate of drug-likeness (QED) is 0.252. The summed E-state index contributed by atoms with van der Waals surface area (Å²) in [5.74, 6) is -0.640. The zero-order valence-electron chi connectivity index (χ0n) is 20.2. The second kappa shape index (κ2) is 11.4. The second-order valence-electron chi connectivity index (χ2n) is 8.59. The van der Waals surface area contributed by atoms with E-state index in [1.807, 2.05) is 42.9 Å². The lowest BCUT2D eigenvalue weighted by Crippen LogP contribution is -2.34. The molecule has 0 fully saturated rings. The maximum absolute atomic E-state index is 12.7. The molecule has 0 bridgehead atoms. The third-order valence-corrected chi connectivity index (χ3v) is 8.47. The predicted molar refractivity (Wildman–Crippen MR) is 147 cm³/mol. The fraction of sp³-hybridized carbons (Fsp3) is 0.240. The molecule has 0 aliphatic carbocycles. The zero-order valence-corrected chi connectivity index (χ0v) is 22.6. The van der Waals surface area contributed by atoms with Crippen molar-refractivity contribution < 1.29 is 18.0 Å². The Morgan fingerprint density at radius 1 is 1.11 bits per heavy atom. The average Bonchev–Trinajstić information content (AvgIpc) is 3.51. The summed E-state index contributed by atoms with van der Waals surface area (Å²) in [6.45, 7) is 4.63. The van der Waals surface area contributed by atoms with Crippen LogP contribution in [0.4, 0.5) is 9.93 Å². The molecule has 2 aromatic carbocycles. The van der Waals surface area contributed by atoms with E-state index < -0.39 is 21.8 Å². The molecular formula is C25H26ClN5O4S2. The molecule has 0 radical (unpaired) electrons. The SMILES string of the molecule is CC(C)NCCCS(=O)(=O)c1ccc2nc(NC(=O)NC(=O)c3cc(-n4cccc4)ccc3Cl)sc2c1. The number of rotatable bonds is 9. The van der Waals surface area contributed by atoms with Crippen molar-refractivity contribution >= 4 is 60.1 Å². The lowest BCUT2D eigenvalue weighted by Gasteiger charge is -2.09. The first-order valence-electron chi connectivity index (χ1n) is 11.5. The van der Waals surface area contributed by atoms with E-state index in [9.17, 15) is 18.0 Å². The van der Waals surface area contributed by atoms with Gasteiger partial charge in [-0.3, -0.25) is 15.4 Å². The van der Waals surface area contributed by atoms with Crippen LogP contribution in [0, 0.1) is 0 Å². The number of aromatic nitrogens is 2. The fourth-order valence-electron chi connectivity index (χ4n) is 3.58. The highest BCUT2D eigenvalue weighted by atomic mass is 35.5. The second-order valence-corrected chi connectivity index (χ2v) is 12.1. The zero-order chi connectivity index (χ0) is 26.6. The number of amides is 3. The van der Waals surface area contributed by atoms with Crippen molar-refractivity contribution in [2.45, 2.75) is 31.2 Å². The van der Waals surface area contributed by atoms with Crippen molar-refractivity contribution in [3.05, 3.63) is 71.5 Å². The van der Waals surface area contributed by atoms with E-state index >= 15 is 0 Å². The third kappa shape index (κ3) is 6.75. The summed E-state index contributed by atoms with van der Waals surface area (Å²) in [7, 11) is -3.45. The van der Waals surface area contributed by atoms with Crippen molar-refractivity contribution in [2.24, 2.45) is 0 Å². The normalized spacial score (nSPS) is 11.7. The number of urea groups is 1. The molecule has 0 aliphatic rings. The standard InChI is InChI=1S/C25H26ClN5O4S2/c1-16(2)27-10-5-13-37(34,35)18-7-9-21-22(15-18)36-25(28-21)30-24(33)29-23(32)19-14-17(6-8-20(19)26)31-11-3-4-12-31/h3-4,6-9,11-12,14-16,27H,5,10,13H2,1-2H3,(H2,28,29,30,32,33). The molecule has 3 N–H and O–H groups in total. The van der Waals surface area contributed by atoms with E-state index in [4.69, 9.17) is 11.6 Å². The van der Waals surface area contributed by atoms with Gasteiger partial charge in [0.1, 0.15) is 0 Å². The number of nitrogens with one attached hydrogen (secondary N) is 3. The highest BCUT2D eigenvalue weighted by molar-refractivity contribution is 7.91. The Hall–Kier alpha value is -3.25. The van der Waals surface area contributed by atoms with Crippen LogP contribution < -0.4 is 16.0 Å². The molecule has 0 saturated carbocycles. The molecule has 4 aromatic rings. The number of fused-ring (bicyclic) bond motifs is 1. The number of carbonyl (C=O) groups is 2. The summed E-state index contributed by atoms with van der Waals surface area (Å²) < 4.78 is 27.8. The van der Waals surface area contributed by atoms with Crippen LogP contribution in [0.5, 0.6) is 0 Å². The molecule has 9 nitrogen and oxygen atoms in total. The van der Waals surface area contributed by atoms with Crippen molar-refractivity contribution in [1.29, 1.82) is 0 Å². The summed E-state index contributed by atoms with van der Waals surface area (Å²) in [6, 6.07) is 12.8. The minimum atomic E-state index is -3.45. The van der Waals surface area contributed by atoms with Crippen molar-refractivity contribution in [1.82, 2.24) is 20.2 Å². The number of halogens is 1. The van der Waals surface area contributed by atoms with Crippen LogP contribution >= 0.6 is 22.9 Å². The molecule has 12 heteroatoms. The van der Waals surface area contributed by atoms with Gasteiger partial charge in [0.05, 0.1) is 31.5 Å². The highest BCUT2D eigenvalue weighted by Crippen LogP contribution is 2.29. The molecule has 2 aromatic heterocycles. The first kappa shape index (κ1) is 26.8. The average molecular weight is 560 g/mol. The Morgan fingerprint density at radius 3 is 2.59 bits per heavy atom. The molecule has 0 spiro atoms. The van der Waals surface area contributed by atoms with Gasteiger partial charge in [-0.25, -0.2) is 18.2 Å². The van der Waals surface area contributed by atoms with Gasteiger partial charge in [-0.2, -0.15) is 0 Å². The molecule has 2 heterocycles. The number of carbonyl (C=O) groups excluding carboxylic acids is 2. The Balaban J connectivity index is 1.42. The Morgan fingerprint density at radius 2 is 1.86 bits per heavy atom. The summed E-state index contributed by atoms with van der Waals surface area (Å²) in [6.07, 6.45) is 4.15. The van der Waals surface area contributed by atoms with E-state index in [2.05, 4.69) is 20.9 Å². The summed E-state index contributed by atoms with van der Waals surface area (Å²) in [5, 5.41) is 8.43. The molecule has 0 unspecified atom stereocenters. The number of imide groups is 1. The number of anilines is 1. The van der Waals surface area contributed by atoms with Crippen LogP contribution in [0.25, 0.3) is 15.9 Å². The number of hydrogen-bond acceptors (Lipinski definition) is 7. The number of thiazole rings is 1. The number of hydrogen-bond donors (Lipinski definition) is 3. The number of sulfone groups is 1. The summed E-state index contributed by atoms with van der Waals surface area (Å²) >= 11 is 7.30. The number of benzene rings is 2. The topological polar surface area (TPSA) is 122 Å². The Labute approximate surface area is 223 Å². The third-order valence-electron chi connectivity index (χ3n) is 5.41. The molecule has 0 saturated heterocycles. The van der Waals surface area contributed by atoms with Crippen LogP contribution in [0.1, 0.15) is 30.6 Å². The van der Waals surface area contributed by atoms with Gasteiger partial charge in [0, 0.05) is 24.1 Å². The van der Waals surface area contributed by atoms with Gasteiger partial charge >= 0.3 is 6.03 Å². The van der Waals surface area contributed by atoms with Gasteiger partial charge in [-0.15, -0.1) is 0 Å². The van der Waals surface area contributed by atoms with Crippen LogP contribution in [0.2, 0.25) is 5.02 Å². The van der Waals surface area contributed by atoms with E-state index in [0.29, 0.717) is 34.9 Å². The van der Waals surface area contributed by atoms with Crippen LogP contribution in [0.15, 0.2) is 65.8 Å². The molecular weight excluding hydrogens is 534 g/mol. The summed E-state index contributed by atoms with van der Waals surface area (Å²) in [5.41, 5.74) is 1.40. The van der Waals surface area contributed by atoms with Crippen LogP contribution in [-0.4, -0.2) is 48.2 Å². The monoisotopic (exact) mass is 559 g/mol. The molecule has 0 aliphatic heterocycles. The maximum atomic E-state index is 12.7. The Kier molecular flexibility index (Phi) is 8.28. The van der Waals surface area contributed by atoms with Gasteiger partial charge in [-0.05, 0) is 61.5 Å². The number of nitrogens with zero attached hydrogens (tertiary/aromatic N) is 2. The molecule has 0 atom stereocenters. The van der Waals surface area contributed by atoms with Crippen molar-refractivity contribution in [3.63, 3.8) is 0 Å². The van der Waals surface area contributed by atoms with Crippen LogP contribution in [0.3, 0.4) is 0 Å². The predicted octanol–water partition coefficient (Wildman–Crippen LogP) is 4.86. The van der Waals surface area contributed by atoms with Gasteiger partial charge in [0.25, 0.3) is 5.91 Å². The lowest BCUT2D eigenvalue weighted by atomic mass is 10.2. The first-order valence-corrected chi connectivity index (χ1v) is 14.4. The maximum Gasteiger partial charge on any atom is 0.327 e. The van der Waals surface area contributed by atoms with E-state index in [-0.39, 0.29) is 26.4 Å². The van der Waals surface area contributed by atoms with Gasteiger partial charge in [-0.1, -0.05) is 36.8 Å². The summed E-state index contributed by atoms with van der Waals surface area (Å²) in [4.78, 5) is 29.7. The molecule has 194 valence electrons. The van der Waals surface area contributed by atoms with E-state index in [0.717, 1.165) is 11.3 Å². The van der Waals surface area contributed by atoms with Crippen molar-refractivity contribution in [3.8, 4) is 5.69 Å². The van der Waals surface area contributed by atoms with E-state index in [1.54, 1.807) is 30.3 Å². The van der Waals surface area contributed by atoms with E-state index in [1.165, 1.54) is 6.07 Å². The molecule has 4 rings (SSSR count). The minimum Gasteiger partial charge on any atom is -0.324 e. The minimum absolute atomic E-state index is 0.0285. The smallest absolute Gasteiger partial charge is 0.324 e. The molecule has 3 amide bonds. The lowest BCUT2D eigenvalue weighted by molar-refractivity contribution is 0.0967.